The Morgan fingerprint density at radius 3 is 2.58 bits per heavy atom. The van der Waals surface area contributed by atoms with E-state index in [1.165, 1.54) is 0 Å². The second-order valence-electron chi connectivity index (χ2n) is 4.16. The van der Waals surface area contributed by atoms with E-state index in [2.05, 4.69) is 0 Å². The SMILES string of the molecule is C[C@@H]1CC(C)(O)CC[C@@H]1C(=O)O. The fraction of sp³-hybridized carbons (Fsp3) is 0.889. The summed E-state index contributed by atoms with van der Waals surface area (Å²) < 4.78 is 0. The molecule has 0 bridgehead atoms. The highest BCUT2D eigenvalue weighted by Gasteiger charge is 2.37. The Morgan fingerprint density at radius 1 is 1.58 bits per heavy atom. The van der Waals surface area contributed by atoms with Crippen LogP contribution in [-0.2, 0) is 4.79 Å². The lowest BCUT2D eigenvalue weighted by atomic mass is 9.73. The average Bonchev–Trinajstić information content (AvgIpc) is 1.83. The summed E-state index contributed by atoms with van der Waals surface area (Å²) in [5.74, 6) is -0.894. The normalized spacial score (nSPS) is 42.6. The molecule has 1 saturated carbocycles. The van der Waals surface area contributed by atoms with Gasteiger partial charge in [0.25, 0.3) is 0 Å². The Bertz CT molecular complexity index is 186. The van der Waals surface area contributed by atoms with Gasteiger partial charge in [0.1, 0.15) is 0 Å². The van der Waals surface area contributed by atoms with Crippen LogP contribution >= 0.6 is 0 Å². The van der Waals surface area contributed by atoms with Crippen molar-refractivity contribution in [3.05, 3.63) is 0 Å². The van der Waals surface area contributed by atoms with Gasteiger partial charge in [-0.15, -0.1) is 0 Å². The Labute approximate surface area is 72.4 Å². The topological polar surface area (TPSA) is 57.5 Å². The minimum atomic E-state index is -0.724. The van der Waals surface area contributed by atoms with E-state index < -0.39 is 11.6 Å². The maximum absolute atomic E-state index is 10.7. The number of carbonyl (C=O) groups is 1. The molecule has 0 aromatic rings. The van der Waals surface area contributed by atoms with E-state index in [-0.39, 0.29) is 11.8 Å². The standard InChI is InChI=1S/C9H16O3/c1-6-5-9(2,12)4-3-7(6)8(10)11/h6-7,12H,3-5H2,1-2H3,(H,10,11)/t6-,7+,9?/m1/s1. The molecule has 3 atom stereocenters. The third-order valence-electron chi connectivity index (χ3n) is 2.76. The molecule has 0 spiro atoms. The van der Waals surface area contributed by atoms with E-state index in [0.717, 1.165) is 0 Å². The quantitative estimate of drug-likeness (QED) is 0.626. The third-order valence-corrected chi connectivity index (χ3v) is 2.76. The Kier molecular flexibility index (Phi) is 2.42. The average molecular weight is 172 g/mol. The van der Waals surface area contributed by atoms with Crippen LogP contribution < -0.4 is 0 Å². The van der Waals surface area contributed by atoms with Crippen molar-refractivity contribution in [3.8, 4) is 0 Å². The van der Waals surface area contributed by atoms with Crippen molar-refractivity contribution >= 4 is 5.97 Å². The maximum atomic E-state index is 10.7. The zero-order valence-corrected chi connectivity index (χ0v) is 7.58. The van der Waals surface area contributed by atoms with Gasteiger partial charge in [0, 0.05) is 0 Å². The second-order valence-corrected chi connectivity index (χ2v) is 4.16. The van der Waals surface area contributed by atoms with Crippen molar-refractivity contribution in [1.29, 1.82) is 0 Å². The van der Waals surface area contributed by atoms with Crippen LogP contribution in [-0.4, -0.2) is 21.8 Å². The predicted molar refractivity (Wildman–Crippen MR) is 44.8 cm³/mol. The highest BCUT2D eigenvalue weighted by atomic mass is 16.4. The third kappa shape index (κ3) is 1.97. The summed E-state index contributed by atoms with van der Waals surface area (Å²) in [6, 6.07) is 0. The lowest BCUT2D eigenvalue weighted by molar-refractivity contribution is -0.147. The summed E-state index contributed by atoms with van der Waals surface area (Å²) in [7, 11) is 0. The van der Waals surface area contributed by atoms with E-state index in [0.29, 0.717) is 19.3 Å². The van der Waals surface area contributed by atoms with Crippen LogP contribution in [0.2, 0.25) is 0 Å². The van der Waals surface area contributed by atoms with Gasteiger partial charge in [0.05, 0.1) is 11.5 Å². The first-order valence-electron chi connectivity index (χ1n) is 4.37. The van der Waals surface area contributed by atoms with Gasteiger partial charge in [-0.05, 0) is 32.1 Å². The van der Waals surface area contributed by atoms with E-state index in [1.54, 1.807) is 6.92 Å². The zero-order chi connectivity index (χ0) is 9.35. The molecule has 1 aliphatic carbocycles. The van der Waals surface area contributed by atoms with Crippen LogP contribution in [0.1, 0.15) is 33.1 Å². The van der Waals surface area contributed by atoms with E-state index in [9.17, 15) is 9.90 Å². The molecular formula is C9H16O3. The van der Waals surface area contributed by atoms with E-state index in [1.807, 2.05) is 6.92 Å². The maximum Gasteiger partial charge on any atom is 0.306 e. The largest absolute Gasteiger partial charge is 0.481 e. The van der Waals surface area contributed by atoms with Crippen LogP contribution in [0.5, 0.6) is 0 Å². The predicted octanol–water partition coefficient (Wildman–Crippen LogP) is 1.26. The molecule has 0 heterocycles. The molecule has 0 radical (unpaired) electrons. The van der Waals surface area contributed by atoms with Crippen LogP contribution in [0.4, 0.5) is 0 Å². The smallest absolute Gasteiger partial charge is 0.306 e. The zero-order valence-electron chi connectivity index (χ0n) is 7.58. The molecule has 0 aromatic carbocycles. The first-order valence-corrected chi connectivity index (χ1v) is 4.37. The molecule has 3 nitrogen and oxygen atoms in total. The molecule has 1 unspecified atom stereocenters. The minimum absolute atomic E-state index is 0.0891. The fourth-order valence-electron chi connectivity index (χ4n) is 2.06. The number of hydrogen-bond donors (Lipinski definition) is 2. The lowest BCUT2D eigenvalue weighted by Crippen LogP contribution is -2.38. The molecule has 0 aromatic heterocycles. The molecule has 12 heavy (non-hydrogen) atoms. The van der Waals surface area contributed by atoms with Crippen LogP contribution in [0.3, 0.4) is 0 Å². The number of carboxylic acids is 1. The van der Waals surface area contributed by atoms with Crippen molar-refractivity contribution in [3.63, 3.8) is 0 Å². The lowest BCUT2D eigenvalue weighted by Gasteiger charge is -2.35. The Morgan fingerprint density at radius 2 is 2.17 bits per heavy atom. The molecule has 2 N–H and O–H groups in total. The molecule has 0 saturated heterocycles. The number of hydrogen-bond acceptors (Lipinski definition) is 2. The molecule has 3 heteroatoms. The minimum Gasteiger partial charge on any atom is -0.481 e. The van der Waals surface area contributed by atoms with Gasteiger partial charge in [0.2, 0.25) is 0 Å². The number of carboxylic acid groups (broad SMARTS) is 1. The highest BCUT2D eigenvalue weighted by Crippen LogP contribution is 2.35. The summed E-state index contributed by atoms with van der Waals surface area (Å²) in [5.41, 5.74) is -0.647. The fourth-order valence-corrected chi connectivity index (χ4v) is 2.06. The summed E-state index contributed by atoms with van der Waals surface area (Å²) in [6.07, 6.45) is 1.81. The molecule has 70 valence electrons. The van der Waals surface area contributed by atoms with Gasteiger partial charge in [-0.1, -0.05) is 6.92 Å². The number of rotatable bonds is 1. The van der Waals surface area contributed by atoms with Crippen molar-refractivity contribution < 1.29 is 15.0 Å². The van der Waals surface area contributed by atoms with Gasteiger partial charge in [-0.2, -0.15) is 0 Å². The Hall–Kier alpha value is -0.570. The van der Waals surface area contributed by atoms with Crippen LogP contribution in [0.25, 0.3) is 0 Å². The van der Waals surface area contributed by atoms with Crippen molar-refractivity contribution in [2.45, 2.75) is 38.7 Å². The first kappa shape index (κ1) is 9.52. The van der Waals surface area contributed by atoms with Crippen molar-refractivity contribution in [2.24, 2.45) is 11.8 Å². The van der Waals surface area contributed by atoms with Crippen LogP contribution in [0, 0.1) is 11.8 Å². The van der Waals surface area contributed by atoms with Crippen molar-refractivity contribution in [2.75, 3.05) is 0 Å². The van der Waals surface area contributed by atoms with Gasteiger partial charge in [-0.3, -0.25) is 4.79 Å². The Balaban J connectivity index is 2.60. The second kappa shape index (κ2) is 3.05. The highest BCUT2D eigenvalue weighted by molar-refractivity contribution is 5.70. The van der Waals surface area contributed by atoms with Crippen LogP contribution in [0.15, 0.2) is 0 Å². The van der Waals surface area contributed by atoms with E-state index >= 15 is 0 Å². The molecule has 1 fully saturated rings. The van der Waals surface area contributed by atoms with Gasteiger partial charge < -0.3 is 10.2 Å². The summed E-state index contributed by atoms with van der Waals surface area (Å²) >= 11 is 0. The number of aliphatic carboxylic acids is 1. The molecule has 1 aliphatic rings. The molecule has 0 amide bonds. The van der Waals surface area contributed by atoms with Gasteiger partial charge in [-0.25, -0.2) is 0 Å². The van der Waals surface area contributed by atoms with Crippen molar-refractivity contribution in [1.82, 2.24) is 0 Å². The van der Waals surface area contributed by atoms with Gasteiger partial charge in [0.15, 0.2) is 0 Å². The van der Waals surface area contributed by atoms with Gasteiger partial charge >= 0.3 is 5.97 Å². The summed E-state index contributed by atoms with van der Waals surface area (Å²) in [4.78, 5) is 10.7. The summed E-state index contributed by atoms with van der Waals surface area (Å²) in [5, 5.41) is 18.4. The number of aliphatic hydroxyl groups is 1. The first-order chi connectivity index (χ1) is 5.42. The van der Waals surface area contributed by atoms with E-state index in [4.69, 9.17) is 5.11 Å². The molecular weight excluding hydrogens is 156 g/mol. The monoisotopic (exact) mass is 172 g/mol. The molecule has 0 aliphatic heterocycles. The summed E-state index contributed by atoms with van der Waals surface area (Å²) in [6.45, 7) is 3.67. The molecule has 1 rings (SSSR count).